The highest BCUT2D eigenvalue weighted by molar-refractivity contribution is 5.91. The lowest BCUT2D eigenvalue weighted by Crippen LogP contribution is -2.38. The molecule has 0 atom stereocenters. The SMILES string of the molecule is CN(CCCCCCCCCN1CCC(OC(=O)Nc2ccccc2-c2ccccc2)CC1)CC1OCCO1. The molecule has 1 amide bonds. The van der Waals surface area contributed by atoms with Crippen molar-refractivity contribution in [1.82, 2.24) is 9.80 Å². The molecule has 0 bridgehead atoms. The second-order valence-corrected chi connectivity index (χ2v) is 10.9. The van der Waals surface area contributed by atoms with Gasteiger partial charge in [-0.2, -0.15) is 0 Å². The third-order valence-electron chi connectivity index (χ3n) is 7.72. The summed E-state index contributed by atoms with van der Waals surface area (Å²) in [5.41, 5.74) is 2.85. The van der Waals surface area contributed by atoms with Gasteiger partial charge in [-0.25, -0.2) is 4.79 Å². The number of hydrogen-bond acceptors (Lipinski definition) is 6. The minimum Gasteiger partial charge on any atom is -0.446 e. The molecule has 2 saturated heterocycles. The molecule has 7 heteroatoms. The van der Waals surface area contributed by atoms with Gasteiger partial charge in [0.1, 0.15) is 6.10 Å². The predicted octanol–water partition coefficient (Wildman–Crippen LogP) is 6.40. The molecule has 2 heterocycles. The number of amides is 1. The van der Waals surface area contributed by atoms with Crippen LogP contribution in [0.2, 0.25) is 0 Å². The highest BCUT2D eigenvalue weighted by Crippen LogP contribution is 2.28. The smallest absolute Gasteiger partial charge is 0.411 e. The average molecular weight is 538 g/mol. The van der Waals surface area contributed by atoms with E-state index in [1.165, 1.54) is 44.9 Å². The zero-order valence-corrected chi connectivity index (χ0v) is 23.7. The number of nitrogens with zero attached hydrogens (tertiary/aromatic N) is 2. The van der Waals surface area contributed by atoms with Gasteiger partial charge in [0.15, 0.2) is 6.29 Å². The van der Waals surface area contributed by atoms with Crippen molar-refractivity contribution in [1.29, 1.82) is 0 Å². The summed E-state index contributed by atoms with van der Waals surface area (Å²) in [6.07, 6.45) is 10.5. The van der Waals surface area contributed by atoms with Crippen molar-refractivity contribution in [2.24, 2.45) is 0 Å². The number of anilines is 1. The molecule has 2 aliphatic heterocycles. The van der Waals surface area contributed by atoms with Gasteiger partial charge in [0.05, 0.1) is 18.9 Å². The second-order valence-electron chi connectivity index (χ2n) is 10.9. The number of para-hydroxylation sites is 1. The van der Waals surface area contributed by atoms with E-state index in [0.29, 0.717) is 0 Å². The minimum atomic E-state index is -0.361. The molecule has 214 valence electrons. The summed E-state index contributed by atoms with van der Waals surface area (Å²) < 4.78 is 16.8. The van der Waals surface area contributed by atoms with Crippen LogP contribution in [0.25, 0.3) is 11.1 Å². The molecule has 2 aromatic rings. The van der Waals surface area contributed by atoms with Gasteiger partial charge >= 0.3 is 6.09 Å². The highest BCUT2D eigenvalue weighted by Gasteiger charge is 2.22. The Morgan fingerprint density at radius 1 is 0.897 bits per heavy atom. The number of likely N-dealkylation sites (N-methyl/N-ethyl adjacent to an activating group) is 1. The van der Waals surface area contributed by atoms with Gasteiger partial charge in [0.25, 0.3) is 0 Å². The lowest BCUT2D eigenvalue weighted by molar-refractivity contribution is -0.0582. The first-order valence-electron chi connectivity index (χ1n) is 14.9. The molecule has 0 unspecified atom stereocenters. The zero-order valence-electron chi connectivity index (χ0n) is 23.7. The predicted molar refractivity (Wildman–Crippen MR) is 157 cm³/mol. The molecular formula is C32H47N3O4. The molecule has 0 aliphatic carbocycles. The third kappa shape index (κ3) is 10.6. The molecule has 0 aromatic heterocycles. The molecule has 1 N–H and O–H groups in total. The summed E-state index contributed by atoms with van der Waals surface area (Å²) in [5.74, 6) is 0. The van der Waals surface area contributed by atoms with Gasteiger partial charge in [-0.3, -0.25) is 5.32 Å². The Morgan fingerprint density at radius 2 is 1.54 bits per heavy atom. The average Bonchev–Trinajstić information content (AvgIpc) is 3.47. The molecule has 2 aliphatic rings. The fourth-order valence-corrected chi connectivity index (χ4v) is 5.46. The van der Waals surface area contributed by atoms with Gasteiger partial charge in [0, 0.05) is 25.2 Å². The molecule has 4 rings (SSSR count). The Bertz CT molecular complexity index is 959. The summed E-state index contributed by atoms with van der Waals surface area (Å²) in [7, 11) is 2.15. The summed E-state index contributed by atoms with van der Waals surface area (Å²) in [4.78, 5) is 17.5. The second kappa shape index (κ2) is 16.6. The number of unbranched alkanes of at least 4 members (excludes halogenated alkanes) is 6. The zero-order chi connectivity index (χ0) is 27.1. The number of benzene rings is 2. The van der Waals surface area contributed by atoms with Crippen molar-refractivity contribution in [3.8, 4) is 11.1 Å². The molecule has 0 radical (unpaired) electrons. The summed E-state index contributed by atoms with van der Waals surface area (Å²) in [5, 5.41) is 2.97. The van der Waals surface area contributed by atoms with Crippen molar-refractivity contribution >= 4 is 11.8 Å². The van der Waals surface area contributed by atoms with Crippen LogP contribution in [0, 0.1) is 0 Å². The first-order valence-corrected chi connectivity index (χ1v) is 14.9. The topological polar surface area (TPSA) is 63.3 Å². The molecule has 39 heavy (non-hydrogen) atoms. The normalized spacial score (nSPS) is 17.1. The van der Waals surface area contributed by atoms with E-state index in [1.54, 1.807) is 0 Å². The van der Waals surface area contributed by atoms with Gasteiger partial charge in [-0.1, -0.05) is 80.6 Å². The van der Waals surface area contributed by atoms with Crippen molar-refractivity contribution < 1.29 is 19.0 Å². The van der Waals surface area contributed by atoms with Crippen LogP contribution in [-0.4, -0.2) is 81.3 Å². The van der Waals surface area contributed by atoms with Crippen LogP contribution in [0.4, 0.5) is 10.5 Å². The number of nitrogens with one attached hydrogen (secondary N) is 1. The van der Waals surface area contributed by atoms with E-state index >= 15 is 0 Å². The highest BCUT2D eigenvalue weighted by atomic mass is 16.7. The first kappa shape index (κ1) is 29.5. The van der Waals surface area contributed by atoms with E-state index in [2.05, 4.69) is 22.2 Å². The quantitative estimate of drug-likeness (QED) is 0.265. The molecular weight excluding hydrogens is 490 g/mol. The number of carbonyl (C=O) groups is 1. The maximum atomic E-state index is 12.6. The monoisotopic (exact) mass is 537 g/mol. The third-order valence-corrected chi connectivity index (χ3v) is 7.72. The molecule has 0 saturated carbocycles. The first-order chi connectivity index (χ1) is 19.2. The van der Waals surface area contributed by atoms with Gasteiger partial charge in [-0.15, -0.1) is 0 Å². The number of carbonyl (C=O) groups excluding carboxylic acids is 1. The van der Waals surface area contributed by atoms with E-state index in [4.69, 9.17) is 14.2 Å². The fraction of sp³-hybridized carbons (Fsp3) is 0.594. The lowest BCUT2D eigenvalue weighted by Gasteiger charge is -2.31. The molecule has 2 aromatic carbocycles. The molecule has 0 spiro atoms. The number of hydrogen-bond donors (Lipinski definition) is 1. The maximum absolute atomic E-state index is 12.6. The van der Waals surface area contributed by atoms with Gasteiger partial charge < -0.3 is 24.0 Å². The molecule has 7 nitrogen and oxygen atoms in total. The van der Waals surface area contributed by atoms with Gasteiger partial charge in [-0.05, 0) is 57.5 Å². The van der Waals surface area contributed by atoms with Crippen molar-refractivity contribution in [2.75, 3.05) is 58.3 Å². The Kier molecular flexibility index (Phi) is 12.6. The van der Waals surface area contributed by atoms with E-state index in [-0.39, 0.29) is 18.5 Å². The number of rotatable bonds is 15. The Hall–Kier alpha value is -2.45. The van der Waals surface area contributed by atoms with Gasteiger partial charge in [0.2, 0.25) is 0 Å². The number of ether oxygens (including phenoxy) is 3. The Balaban J connectivity index is 1.01. The van der Waals surface area contributed by atoms with Crippen LogP contribution >= 0.6 is 0 Å². The Morgan fingerprint density at radius 3 is 2.28 bits per heavy atom. The van der Waals surface area contributed by atoms with Crippen LogP contribution in [0.3, 0.4) is 0 Å². The summed E-state index contributed by atoms with van der Waals surface area (Å²) >= 11 is 0. The van der Waals surface area contributed by atoms with Crippen LogP contribution in [0.1, 0.15) is 57.8 Å². The lowest BCUT2D eigenvalue weighted by atomic mass is 10.0. The van der Waals surface area contributed by atoms with Crippen LogP contribution < -0.4 is 5.32 Å². The van der Waals surface area contributed by atoms with Crippen molar-refractivity contribution in [3.05, 3.63) is 54.6 Å². The van der Waals surface area contributed by atoms with Crippen molar-refractivity contribution in [3.63, 3.8) is 0 Å². The van der Waals surface area contributed by atoms with Crippen LogP contribution in [-0.2, 0) is 14.2 Å². The fourth-order valence-electron chi connectivity index (χ4n) is 5.46. The molecule has 2 fully saturated rings. The van der Waals surface area contributed by atoms with Crippen LogP contribution in [0.5, 0.6) is 0 Å². The van der Waals surface area contributed by atoms with Crippen molar-refractivity contribution in [2.45, 2.75) is 70.2 Å². The Labute approximate surface area is 234 Å². The number of likely N-dealkylation sites (tertiary alicyclic amines) is 1. The number of piperidine rings is 1. The van der Waals surface area contributed by atoms with E-state index < -0.39 is 0 Å². The van der Waals surface area contributed by atoms with E-state index in [0.717, 1.165) is 75.6 Å². The van der Waals surface area contributed by atoms with E-state index in [9.17, 15) is 4.79 Å². The van der Waals surface area contributed by atoms with E-state index in [1.807, 2.05) is 54.6 Å². The van der Waals surface area contributed by atoms with Crippen LogP contribution in [0.15, 0.2) is 54.6 Å². The standard InChI is InChI=1S/C32H47N3O4/c1-34(26-31-37-24-25-38-31)20-12-5-3-2-4-6-13-21-35-22-18-28(19-23-35)39-32(36)33-30-17-11-10-16-29(30)27-14-8-7-9-15-27/h7-11,14-17,28,31H,2-6,12-13,18-26H2,1H3,(H,33,36). The summed E-state index contributed by atoms with van der Waals surface area (Å²) in [6, 6.07) is 18.0. The largest absolute Gasteiger partial charge is 0.446 e. The summed E-state index contributed by atoms with van der Waals surface area (Å²) in [6.45, 7) is 6.61. The maximum Gasteiger partial charge on any atom is 0.411 e. The minimum absolute atomic E-state index is 0.0117.